The van der Waals surface area contributed by atoms with Crippen molar-refractivity contribution in [3.63, 3.8) is 0 Å². The van der Waals surface area contributed by atoms with Crippen LogP contribution in [0.25, 0.3) is 44.5 Å². The molecule has 1 heterocycles. The fourth-order valence-electron chi connectivity index (χ4n) is 9.69. The average molecular weight is 742 g/mol. The van der Waals surface area contributed by atoms with E-state index in [-0.39, 0.29) is 0 Å². The minimum Gasteiger partial charge on any atom is -0.449 e. The van der Waals surface area contributed by atoms with E-state index in [4.69, 9.17) is 9.47 Å². The van der Waals surface area contributed by atoms with Crippen molar-refractivity contribution in [3.05, 3.63) is 235 Å². The van der Waals surface area contributed by atoms with Gasteiger partial charge in [-0.25, -0.2) is 0 Å². The van der Waals surface area contributed by atoms with E-state index in [0.717, 1.165) is 44.9 Å². The quantitative estimate of drug-likeness (QED) is 0.175. The zero-order chi connectivity index (χ0) is 38.2. The van der Waals surface area contributed by atoms with Gasteiger partial charge in [0.15, 0.2) is 23.0 Å². The zero-order valence-corrected chi connectivity index (χ0v) is 31.5. The standard InChI is InChI=1S/C55H35NO2/c1-3-16-36(17-4-1)38-20-13-22-40(32-38)56(41-23-14-21-39(33-41)37-18-5-2-6-19-37)50-30-15-31-51-54(50)58-52-34-45-44-26-9-12-29-48(44)55(49(45)35-53(52)57-51)46-27-10-7-24-42(46)43-25-8-11-28-47(43)55/h1-35H. The van der Waals surface area contributed by atoms with E-state index < -0.39 is 5.41 Å². The third-order valence-corrected chi connectivity index (χ3v) is 12.1. The fourth-order valence-corrected chi connectivity index (χ4v) is 9.69. The monoisotopic (exact) mass is 741 g/mol. The molecule has 2 aliphatic carbocycles. The Labute approximate surface area is 337 Å². The molecule has 0 atom stereocenters. The molecule has 272 valence electrons. The van der Waals surface area contributed by atoms with Crippen LogP contribution in [0.1, 0.15) is 22.3 Å². The van der Waals surface area contributed by atoms with Crippen molar-refractivity contribution < 1.29 is 9.47 Å². The lowest BCUT2D eigenvalue weighted by Crippen LogP contribution is -2.25. The van der Waals surface area contributed by atoms with Crippen LogP contribution in [0.5, 0.6) is 23.0 Å². The third kappa shape index (κ3) is 4.74. The van der Waals surface area contributed by atoms with Crippen LogP contribution >= 0.6 is 0 Å². The maximum absolute atomic E-state index is 7.13. The summed E-state index contributed by atoms with van der Waals surface area (Å²) in [6, 6.07) is 75.7. The molecule has 1 aliphatic heterocycles. The lowest BCUT2D eigenvalue weighted by Gasteiger charge is -2.32. The average Bonchev–Trinajstić information content (AvgIpc) is 3.75. The zero-order valence-electron chi connectivity index (χ0n) is 31.5. The first kappa shape index (κ1) is 32.6. The largest absolute Gasteiger partial charge is 0.449 e. The second kappa shape index (κ2) is 12.7. The van der Waals surface area contributed by atoms with Crippen LogP contribution in [0.3, 0.4) is 0 Å². The topological polar surface area (TPSA) is 21.7 Å². The summed E-state index contributed by atoms with van der Waals surface area (Å²) in [5.74, 6) is 2.75. The first-order valence-corrected chi connectivity index (χ1v) is 19.8. The van der Waals surface area contributed by atoms with Crippen LogP contribution in [0.15, 0.2) is 212 Å². The van der Waals surface area contributed by atoms with Gasteiger partial charge < -0.3 is 14.4 Å². The Bertz CT molecular complexity index is 2950. The Balaban J connectivity index is 1.03. The molecule has 1 spiro atoms. The normalized spacial score (nSPS) is 13.2. The highest BCUT2D eigenvalue weighted by Gasteiger charge is 2.52. The molecule has 9 aromatic carbocycles. The van der Waals surface area contributed by atoms with Gasteiger partial charge in [0.1, 0.15) is 0 Å². The summed E-state index contributed by atoms with van der Waals surface area (Å²) in [5, 5.41) is 0. The number of hydrogen-bond donors (Lipinski definition) is 0. The highest BCUT2D eigenvalue weighted by Crippen LogP contribution is 2.65. The number of ether oxygens (including phenoxy) is 2. The number of anilines is 3. The lowest BCUT2D eigenvalue weighted by molar-refractivity contribution is 0.360. The molecule has 3 nitrogen and oxygen atoms in total. The lowest BCUT2D eigenvalue weighted by atomic mass is 9.70. The molecule has 0 saturated heterocycles. The van der Waals surface area contributed by atoms with Gasteiger partial charge in [0, 0.05) is 11.4 Å². The van der Waals surface area contributed by atoms with Crippen LogP contribution in [0.2, 0.25) is 0 Å². The highest BCUT2D eigenvalue weighted by atomic mass is 16.6. The van der Waals surface area contributed by atoms with E-state index in [1.54, 1.807) is 0 Å². The number of para-hydroxylation sites is 1. The van der Waals surface area contributed by atoms with Crippen LogP contribution in [0, 0.1) is 0 Å². The SMILES string of the molecule is c1ccc(-c2cccc(N(c3cccc(-c4ccccc4)c3)c3cccc4c3Oc3cc5c(cc3O4)C3(c4ccccc4-c4ccccc43)c3ccccc3-5)c2)cc1. The van der Waals surface area contributed by atoms with Crippen molar-refractivity contribution in [2.45, 2.75) is 5.41 Å². The summed E-state index contributed by atoms with van der Waals surface area (Å²) in [7, 11) is 0. The molecule has 0 fully saturated rings. The highest BCUT2D eigenvalue weighted by molar-refractivity contribution is 5.96. The van der Waals surface area contributed by atoms with E-state index in [2.05, 4.69) is 211 Å². The predicted molar refractivity (Wildman–Crippen MR) is 235 cm³/mol. The van der Waals surface area contributed by atoms with Crippen LogP contribution < -0.4 is 14.4 Å². The van der Waals surface area contributed by atoms with E-state index in [9.17, 15) is 0 Å². The van der Waals surface area contributed by atoms with Crippen molar-refractivity contribution >= 4 is 17.1 Å². The van der Waals surface area contributed by atoms with Gasteiger partial charge in [-0.2, -0.15) is 0 Å². The molecule has 3 aliphatic rings. The summed E-state index contributed by atoms with van der Waals surface area (Å²) >= 11 is 0. The third-order valence-electron chi connectivity index (χ3n) is 12.1. The molecule has 12 rings (SSSR count). The van der Waals surface area contributed by atoms with Crippen molar-refractivity contribution in [2.75, 3.05) is 4.90 Å². The number of benzene rings is 9. The molecule has 0 aromatic heterocycles. The maximum Gasteiger partial charge on any atom is 0.194 e. The number of nitrogens with zero attached hydrogens (tertiary/aromatic N) is 1. The van der Waals surface area contributed by atoms with Crippen LogP contribution in [-0.4, -0.2) is 0 Å². The Hall–Kier alpha value is -7.62. The predicted octanol–water partition coefficient (Wildman–Crippen LogP) is 14.7. The molecule has 58 heavy (non-hydrogen) atoms. The second-order valence-corrected chi connectivity index (χ2v) is 15.2. The van der Waals surface area contributed by atoms with Crippen LogP contribution in [0.4, 0.5) is 17.1 Å². The van der Waals surface area contributed by atoms with E-state index in [1.165, 1.54) is 38.9 Å². The van der Waals surface area contributed by atoms with Gasteiger partial charge in [0.25, 0.3) is 0 Å². The Morgan fingerprint density at radius 2 is 0.776 bits per heavy atom. The van der Waals surface area contributed by atoms with Gasteiger partial charge in [0.05, 0.1) is 11.1 Å². The first-order valence-electron chi connectivity index (χ1n) is 19.8. The molecular weight excluding hydrogens is 707 g/mol. The second-order valence-electron chi connectivity index (χ2n) is 15.2. The van der Waals surface area contributed by atoms with Gasteiger partial charge in [-0.05, 0) is 115 Å². The number of fused-ring (bicyclic) bond motifs is 12. The van der Waals surface area contributed by atoms with Crippen molar-refractivity contribution in [1.82, 2.24) is 0 Å². The molecule has 0 amide bonds. The molecule has 3 heteroatoms. The molecule has 9 aromatic rings. The Kier molecular flexibility index (Phi) is 7.14. The van der Waals surface area contributed by atoms with Crippen LogP contribution in [-0.2, 0) is 5.41 Å². The molecule has 0 N–H and O–H groups in total. The van der Waals surface area contributed by atoms with E-state index >= 15 is 0 Å². The minimum atomic E-state index is -0.468. The van der Waals surface area contributed by atoms with Crippen molar-refractivity contribution in [2.24, 2.45) is 0 Å². The summed E-state index contributed by atoms with van der Waals surface area (Å²) in [5.41, 5.74) is 17.0. The van der Waals surface area contributed by atoms with Gasteiger partial charge >= 0.3 is 0 Å². The summed E-state index contributed by atoms with van der Waals surface area (Å²) in [4.78, 5) is 2.29. The Morgan fingerprint density at radius 1 is 0.310 bits per heavy atom. The molecule has 0 radical (unpaired) electrons. The minimum absolute atomic E-state index is 0.468. The maximum atomic E-state index is 7.13. The first-order chi connectivity index (χ1) is 28.8. The van der Waals surface area contributed by atoms with E-state index in [0.29, 0.717) is 23.0 Å². The van der Waals surface area contributed by atoms with Gasteiger partial charge in [-0.1, -0.05) is 164 Å². The number of hydrogen-bond acceptors (Lipinski definition) is 3. The van der Waals surface area contributed by atoms with Gasteiger partial charge in [0.2, 0.25) is 0 Å². The van der Waals surface area contributed by atoms with Gasteiger partial charge in [-0.3, -0.25) is 0 Å². The van der Waals surface area contributed by atoms with Crippen molar-refractivity contribution in [1.29, 1.82) is 0 Å². The number of rotatable bonds is 5. The van der Waals surface area contributed by atoms with Crippen molar-refractivity contribution in [3.8, 4) is 67.5 Å². The summed E-state index contributed by atoms with van der Waals surface area (Å²) in [6.45, 7) is 0. The smallest absolute Gasteiger partial charge is 0.194 e. The molecular formula is C55H35NO2. The fraction of sp³-hybridized carbons (Fsp3) is 0.0182. The summed E-state index contributed by atoms with van der Waals surface area (Å²) in [6.07, 6.45) is 0. The summed E-state index contributed by atoms with van der Waals surface area (Å²) < 4.78 is 14.1. The van der Waals surface area contributed by atoms with Gasteiger partial charge in [-0.15, -0.1) is 0 Å². The molecule has 0 saturated carbocycles. The van der Waals surface area contributed by atoms with E-state index in [1.807, 2.05) is 6.07 Å². The Morgan fingerprint density at radius 3 is 1.34 bits per heavy atom. The molecule has 0 bridgehead atoms. The molecule has 0 unspecified atom stereocenters.